The monoisotopic (exact) mass is 868 g/mol. The van der Waals surface area contributed by atoms with Crippen LogP contribution in [0.5, 0.6) is 0 Å². The highest BCUT2D eigenvalue weighted by Gasteiger charge is 2.55. The zero-order valence-corrected chi connectivity index (χ0v) is 40.4. The van der Waals surface area contributed by atoms with Crippen LogP contribution >= 0.6 is 0 Å². The predicted molar refractivity (Wildman–Crippen MR) is 263 cm³/mol. The maximum Gasteiger partial charge on any atom is 0.0584 e. The van der Waals surface area contributed by atoms with Crippen LogP contribution in [0.4, 0.5) is 0 Å². The molecule has 0 spiro atoms. The Morgan fingerprint density at radius 2 is 0.394 bits per heavy atom. The van der Waals surface area contributed by atoms with E-state index in [4.69, 9.17) is 0 Å². The fraction of sp³-hybridized carbons (Fsp3) is 0.758. The molecule has 0 unspecified atom stereocenters. The van der Waals surface area contributed by atoms with E-state index < -0.39 is 0 Å². The second-order valence-electron chi connectivity index (χ2n) is 29.2. The first-order valence-corrected chi connectivity index (χ1v) is 28.9. The van der Waals surface area contributed by atoms with Crippen molar-refractivity contribution in [3.8, 4) is 59.2 Å². The van der Waals surface area contributed by atoms with Gasteiger partial charge in [-0.05, 0) is 281 Å². The second kappa shape index (κ2) is 14.1. The van der Waals surface area contributed by atoms with Crippen molar-refractivity contribution >= 4 is 0 Å². The summed E-state index contributed by atoms with van der Waals surface area (Å²) in [6.45, 7) is 0. The number of hydrogen-bond acceptors (Lipinski definition) is 0. The normalized spacial score (nSPS) is 52.1. The Morgan fingerprint density at radius 1 is 0.227 bits per heavy atom. The summed E-state index contributed by atoms with van der Waals surface area (Å²) in [6.07, 6.45) is 41.5. The van der Waals surface area contributed by atoms with E-state index in [1.165, 1.54) is 193 Å². The minimum absolute atomic E-state index is 0.152. The lowest BCUT2D eigenvalue weighted by molar-refractivity contribution is -0.0183. The fourth-order valence-electron chi connectivity index (χ4n) is 23.5. The van der Waals surface area contributed by atoms with E-state index in [-0.39, 0.29) is 27.1 Å². The van der Waals surface area contributed by atoms with Gasteiger partial charge in [-0.1, -0.05) is 59.2 Å². The molecule has 0 heterocycles. The molecule has 20 saturated carbocycles. The molecule has 1 aromatic carbocycles. The van der Waals surface area contributed by atoms with Gasteiger partial charge in [-0.3, -0.25) is 0 Å². The molecule has 0 aliphatic heterocycles. The molecule has 0 nitrogen and oxygen atoms in total. The van der Waals surface area contributed by atoms with Crippen molar-refractivity contribution in [3.63, 3.8) is 0 Å². The summed E-state index contributed by atoms with van der Waals surface area (Å²) < 4.78 is 0. The van der Waals surface area contributed by atoms with Crippen LogP contribution in [0.1, 0.15) is 220 Å². The first-order chi connectivity index (χ1) is 32.1. The summed E-state index contributed by atoms with van der Waals surface area (Å²) in [5.41, 5.74) is 6.29. The van der Waals surface area contributed by atoms with Crippen molar-refractivity contribution in [2.24, 2.45) is 116 Å². The van der Waals surface area contributed by atoms with E-state index in [2.05, 4.69) is 65.3 Å². The Morgan fingerprint density at radius 3 is 0.591 bits per heavy atom. The maximum absolute atomic E-state index is 4.27. The van der Waals surface area contributed by atoms with Gasteiger partial charge in [0, 0.05) is 33.1 Å². The molecule has 1 radical (unpaired) electrons. The highest BCUT2D eigenvalue weighted by molar-refractivity contribution is 5.71. The third-order valence-electron chi connectivity index (χ3n) is 23.7. The van der Waals surface area contributed by atoms with Crippen LogP contribution in [-0.4, -0.2) is 0 Å². The minimum atomic E-state index is 0.152. The second-order valence-corrected chi connectivity index (χ2v) is 29.2. The van der Waals surface area contributed by atoms with Crippen LogP contribution in [-0.2, 0) is 0 Å². The molecule has 20 bridgehead atoms. The van der Waals surface area contributed by atoms with E-state index in [9.17, 15) is 0 Å². The fourth-order valence-corrected chi connectivity index (χ4v) is 23.5. The van der Waals surface area contributed by atoms with E-state index in [1.54, 1.807) is 0 Å². The van der Waals surface area contributed by atoms with Crippen LogP contribution in [0.2, 0.25) is 0 Å². The highest BCUT2D eigenvalue weighted by atomic mass is 14.6. The predicted octanol–water partition coefficient (Wildman–Crippen LogP) is 14.3. The van der Waals surface area contributed by atoms with Gasteiger partial charge in [-0.2, -0.15) is 0 Å². The number of rotatable bonds is 0. The molecule has 21 rings (SSSR count). The first kappa shape index (κ1) is 39.8. The van der Waals surface area contributed by atoms with Gasteiger partial charge in [0.05, 0.1) is 27.8 Å². The van der Waals surface area contributed by atoms with Gasteiger partial charge < -0.3 is 0 Å². The van der Waals surface area contributed by atoms with Crippen molar-refractivity contribution in [3.05, 3.63) is 33.9 Å². The van der Waals surface area contributed by atoms with Crippen molar-refractivity contribution in [2.75, 3.05) is 0 Å². The summed E-state index contributed by atoms with van der Waals surface area (Å²) in [6, 6.07) is 4.18. The SMILES string of the molecule is C(#CC12CC3CC(CC(C3)C1)C2)c1[c]c(C#CC23CC4CC(CC(C4)C2)C3)c(C#CC23CC4CC(CC(C4)C2)C3)c(C#CC23CC4CC(CC(C4)C2)C3)c1C#CC12CC3CC(CC(C3)C1)C2. The smallest absolute Gasteiger partial charge is 0.0584 e. The average Bonchev–Trinajstić information content (AvgIpc) is 3.24. The largest absolute Gasteiger partial charge is 0.0910 e. The first-order valence-electron chi connectivity index (χ1n) is 28.9. The lowest BCUT2D eigenvalue weighted by Crippen LogP contribution is -2.45. The molecule has 0 amide bonds. The van der Waals surface area contributed by atoms with Crippen LogP contribution in [0.3, 0.4) is 0 Å². The number of hydrogen-bond donors (Lipinski definition) is 0. The summed E-state index contributed by atoms with van der Waals surface area (Å²) >= 11 is 0. The zero-order chi connectivity index (χ0) is 43.0. The van der Waals surface area contributed by atoms with E-state index >= 15 is 0 Å². The van der Waals surface area contributed by atoms with E-state index in [0.717, 1.165) is 117 Å². The standard InChI is InChI=1S/C66H75/c1(6-62-27-42-11-43(28-62)13-44(12-42)29-62)57-26-58(2-7-63-30-45-14-46(31-63)16-47(15-45)32-63)60(4-9-65-36-51-20-52(37-65)22-53(21-51)38-65)61(5-10-66-39-54-23-55(40-66)25-56(24-54)41-66)59(57)3-8-64-33-48-17-49(34-64)19-50(18-48)35-64/h42-56H,11-25,27-41H2. The van der Waals surface area contributed by atoms with Gasteiger partial charge in [-0.25, -0.2) is 0 Å². The summed E-state index contributed by atoms with van der Waals surface area (Å²) in [5.74, 6) is 55.1. The summed E-state index contributed by atoms with van der Waals surface area (Å²) in [4.78, 5) is 0. The average molecular weight is 868 g/mol. The molecule has 20 aliphatic rings. The van der Waals surface area contributed by atoms with Crippen LogP contribution in [0.25, 0.3) is 0 Å². The molecule has 0 aromatic heterocycles. The molecule has 66 heavy (non-hydrogen) atoms. The molecular formula is C66H75. The molecule has 339 valence electrons. The Balaban J connectivity index is 0.916. The lowest BCUT2D eigenvalue weighted by atomic mass is 9.49. The minimum Gasteiger partial charge on any atom is -0.0910 e. The van der Waals surface area contributed by atoms with Crippen LogP contribution in [0, 0.1) is 181 Å². The quantitative estimate of drug-likeness (QED) is 0.228. The Hall–Kier alpha value is -2.98. The van der Waals surface area contributed by atoms with Crippen molar-refractivity contribution in [2.45, 2.75) is 193 Å². The molecule has 0 atom stereocenters. The molecular weight excluding hydrogens is 793 g/mol. The molecule has 20 aliphatic carbocycles. The van der Waals surface area contributed by atoms with Gasteiger partial charge in [0.15, 0.2) is 0 Å². The van der Waals surface area contributed by atoms with E-state index in [0.29, 0.717) is 0 Å². The third-order valence-corrected chi connectivity index (χ3v) is 23.7. The Labute approximate surface area is 399 Å². The lowest BCUT2D eigenvalue weighted by Gasteiger charge is -2.54. The molecule has 0 heteroatoms. The van der Waals surface area contributed by atoms with Crippen molar-refractivity contribution < 1.29 is 0 Å². The molecule has 20 fully saturated rings. The molecule has 0 N–H and O–H groups in total. The Bertz CT molecular complexity index is 2280. The van der Waals surface area contributed by atoms with Crippen LogP contribution in [0.15, 0.2) is 0 Å². The number of benzene rings is 1. The van der Waals surface area contributed by atoms with Crippen molar-refractivity contribution in [1.82, 2.24) is 0 Å². The van der Waals surface area contributed by atoms with Gasteiger partial charge in [0.25, 0.3) is 0 Å². The zero-order valence-electron chi connectivity index (χ0n) is 40.4. The van der Waals surface area contributed by atoms with Gasteiger partial charge in [0.1, 0.15) is 0 Å². The summed E-state index contributed by atoms with van der Waals surface area (Å²) in [5, 5.41) is 0. The van der Waals surface area contributed by atoms with Gasteiger partial charge in [0.2, 0.25) is 0 Å². The van der Waals surface area contributed by atoms with Gasteiger partial charge in [-0.15, -0.1) is 0 Å². The van der Waals surface area contributed by atoms with E-state index in [1.807, 2.05) is 0 Å². The van der Waals surface area contributed by atoms with Crippen molar-refractivity contribution in [1.29, 1.82) is 0 Å². The third kappa shape index (κ3) is 6.63. The molecule has 0 saturated heterocycles. The van der Waals surface area contributed by atoms with Crippen LogP contribution < -0.4 is 0 Å². The molecule has 1 aromatic rings. The Kier molecular flexibility index (Phi) is 8.50. The highest BCUT2D eigenvalue weighted by Crippen LogP contribution is 2.64. The van der Waals surface area contributed by atoms with Gasteiger partial charge >= 0.3 is 0 Å². The summed E-state index contributed by atoms with van der Waals surface area (Å²) in [7, 11) is 0. The maximum atomic E-state index is 4.27. The topological polar surface area (TPSA) is 0 Å².